The van der Waals surface area contributed by atoms with E-state index in [4.69, 9.17) is 0 Å². The Bertz CT molecular complexity index is 742. The van der Waals surface area contributed by atoms with Gasteiger partial charge in [-0.25, -0.2) is 4.98 Å². The molecular formula is C17H20N2S2. The Morgan fingerprint density at radius 1 is 1.24 bits per heavy atom. The molecule has 0 aliphatic rings. The molecule has 2 aromatic heterocycles. The van der Waals surface area contributed by atoms with E-state index in [0.717, 1.165) is 18.7 Å². The standard InChI is InChI=1S/C17H20N2S2/c1-11-10-20-16(19-11)8-9-18-13(3)17-12(2)14-6-4-5-7-15(14)21-17/h4-7,10,13,18H,8-9H2,1-3H3. The van der Waals surface area contributed by atoms with Crippen LogP contribution in [0.1, 0.15) is 34.1 Å². The third-order valence-corrected chi connectivity index (χ3v) is 6.21. The van der Waals surface area contributed by atoms with Crippen molar-refractivity contribution in [1.82, 2.24) is 10.3 Å². The third kappa shape index (κ3) is 3.18. The quantitative estimate of drug-likeness (QED) is 0.726. The smallest absolute Gasteiger partial charge is 0.0940 e. The molecule has 2 nitrogen and oxygen atoms in total. The maximum atomic E-state index is 4.51. The summed E-state index contributed by atoms with van der Waals surface area (Å²) in [5.74, 6) is 0. The molecule has 110 valence electrons. The molecule has 21 heavy (non-hydrogen) atoms. The molecule has 0 radical (unpaired) electrons. The molecule has 0 saturated heterocycles. The number of rotatable bonds is 5. The fourth-order valence-corrected chi connectivity index (χ4v) is 4.63. The van der Waals surface area contributed by atoms with Crippen LogP contribution >= 0.6 is 22.7 Å². The first-order valence-electron chi connectivity index (χ1n) is 7.27. The van der Waals surface area contributed by atoms with Crippen molar-refractivity contribution in [3.8, 4) is 0 Å². The second-order valence-electron chi connectivity index (χ2n) is 5.40. The van der Waals surface area contributed by atoms with Gasteiger partial charge in [0, 0.05) is 39.7 Å². The van der Waals surface area contributed by atoms with Crippen LogP contribution in [0.15, 0.2) is 29.6 Å². The zero-order chi connectivity index (χ0) is 14.8. The van der Waals surface area contributed by atoms with Crippen molar-refractivity contribution in [2.45, 2.75) is 33.2 Å². The Balaban J connectivity index is 1.66. The van der Waals surface area contributed by atoms with Crippen LogP contribution in [-0.2, 0) is 6.42 Å². The minimum atomic E-state index is 0.392. The van der Waals surface area contributed by atoms with Crippen molar-refractivity contribution in [3.05, 3.63) is 50.8 Å². The van der Waals surface area contributed by atoms with Gasteiger partial charge in [-0.15, -0.1) is 22.7 Å². The molecule has 0 aliphatic heterocycles. The molecule has 1 N–H and O–H groups in total. The summed E-state index contributed by atoms with van der Waals surface area (Å²) in [6.07, 6.45) is 1.01. The van der Waals surface area contributed by atoms with Crippen molar-refractivity contribution in [3.63, 3.8) is 0 Å². The minimum absolute atomic E-state index is 0.392. The van der Waals surface area contributed by atoms with E-state index in [2.05, 4.69) is 60.7 Å². The van der Waals surface area contributed by atoms with Crippen LogP contribution in [0, 0.1) is 13.8 Å². The molecule has 1 atom stereocenters. The van der Waals surface area contributed by atoms with Gasteiger partial charge in [0.1, 0.15) is 0 Å². The molecule has 0 aliphatic carbocycles. The molecule has 3 rings (SSSR count). The maximum absolute atomic E-state index is 4.51. The van der Waals surface area contributed by atoms with Crippen molar-refractivity contribution in [1.29, 1.82) is 0 Å². The Morgan fingerprint density at radius 3 is 2.76 bits per heavy atom. The highest BCUT2D eigenvalue weighted by Gasteiger charge is 2.13. The van der Waals surface area contributed by atoms with E-state index in [1.807, 2.05) is 11.3 Å². The van der Waals surface area contributed by atoms with Crippen LogP contribution in [0.5, 0.6) is 0 Å². The van der Waals surface area contributed by atoms with Gasteiger partial charge < -0.3 is 5.32 Å². The lowest BCUT2D eigenvalue weighted by Crippen LogP contribution is -2.21. The van der Waals surface area contributed by atoms with Gasteiger partial charge in [0.05, 0.1) is 5.01 Å². The van der Waals surface area contributed by atoms with Crippen LogP contribution in [0.4, 0.5) is 0 Å². The van der Waals surface area contributed by atoms with E-state index in [0.29, 0.717) is 6.04 Å². The van der Waals surface area contributed by atoms with Gasteiger partial charge in [0.25, 0.3) is 0 Å². The predicted octanol–water partition coefficient (Wildman–Crippen LogP) is 4.87. The van der Waals surface area contributed by atoms with Crippen LogP contribution in [0.3, 0.4) is 0 Å². The summed E-state index contributed by atoms with van der Waals surface area (Å²) >= 11 is 3.66. The first-order valence-corrected chi connectivity index (χ1v) is 8.97. The molecule has 0 bridgehead atoms. The van der Waals surface area contributed by atoms with Gasteiger partial charge in [-0.3, -0.25) is 0 Å². The van der Waals surface area contributed by atoms with E-state index < -0.39 is 0 Å². The summed E-state index contributed by atoms with van der Waals surface area (Å²) in [4.78, 5) is 5.96. The zero-order valence-corrected chi connectivity index (χ0v) is 14.3. The lowest BCUT2D eigenvalue weighted by atomic mass is 10.1. The van der Waals surface area contributed by atoms with Gasteiger partial charge in [0.15, 0.2) is 0 Å². The van der Waals surface area contributed by atoms with Gasteiger partial charge in [-0.1, -0.05) is 18.2 Å². The Morgan fingerprint density at radius 2 is 2.05 bits per heavy atom. The highest BCUT2D eigenvalue weighted by molar-refractivity contribution is 7.19. The number of aryl methyl sites for hydroxylation is 2. The number of nitrogens with one attached hydrogen (secondary N) is 1. The lowest BCUT2D eigenvalue weighted by molar-refractivity contribution is 0.582. The number of fused-ring (bicyclic) bond motifs is 1. The first kappa shape index (κ1) is 14.7. The number of aromatic nitrogens is 1. The highest BCUT2D eigenvalue weighted by atomic mass is 32.1. The Kier molecular flexibility index (Phi) is 4.38. The normalized spacial score (nSPS) is 12.9. The maximum Gasteiger partial charge on any atom is 0.0940 e. The van der Waals surface area contributed by atoms with E-state index in [9.17, 15) is 0 Å². The number of thiophene rings is 1. The number of thiazole rings is 1. The first-order chi connectivity index (χ1) is 10.1. The van der Waals surface area contributed by atoms with E-state index in [1.165, 1.54) is 25.5 Å². The summed E-state index contributed by atoms with van der Waals surface area (Å²) in [7, 11) is 0. The molecule has 0 fully saturated rings. The van der Waals surface area contributed by atoms with Crippen LogP contribution in [-0.4, -0.2) is 11.5 Å². The monoisotopic (exact) mass is 316 g/mol. The van der Waals surface area contributed by atoms with Crippen molar-refractivity contribution in [2.24, 2.45) is 0 Å². The summed E-state index contributed by atoms with van der Waals surface area (Å²) < 4.78 is 1.38. The number of hydrogen-bond donors (Lipinski definition) is 1. The van der Waals surface area contributed by atoms with Crippen molar-refractivity contribution < 1.29 is 0 Å². The lowest BCUT2D eigenvalue weighted by Gasteiger charge is -2.12. The molecule has 3 aromatic rings. The molecule has 0 spiro atoms. The topological polar surface area (TPSA) is 24.9 Å². The summed E-state index contributed by atoms with van der Waals surface area (Å²) in [6, 6.07) is 9.06. The molecule has 0 amide bonds. The van der Waals surface area contributed by atoms with Crippen molar-refractivity contribution >= 4 is 32.8 Å². The molecule has 1 unspecified atom stereocenters. The second kappa shape index (κ2) is 6.26. The highest BCUT2D eigenvalue weighted by Crippen LogP contribution is 2.34. The van der Waals surface area contributed by atoms with Gasteiger partial charge in [0.2, 0.25) is 0 Å². The SMILES string of the molecule is Cc1csc(CCNC(C)c2sc3ccccc3c2C)n1. The van der Waals surface area contributed by atoms with E-state index in [1.54, 1.807) is 11.3 Å². The Labute approximate surface area is 133 Å². The fraction of sp³-hybridized carbons (Fsp3) is 0.353. The van der Waals surface area contributed by atoms with Gasteiger partial charge in [-0.05, 0) is 37.8 Å². The van der Waals surface area contributed by atoms with E-state index in [-0.39, 0.29) is 0 Å². The molecule has 2 heterocycles. The van der Waals surface area contributed by atoms with Crippen LogP contribution < -0.4 is 5.32 Å². The average Bonchev–Trinajstić information content (AvgIpc) is 3.03. The van der Waals surface area contributed by atoms with Crippen LogP contribution in [0.25, 0.3) is 10.1 Å². The van der Waals surface area contributed by atoms with Crippen LogP contribution in [0.2, 0.25) is 0 Å². The predicted molar refractivity (Wildman–Crippen MR) is 93.5 cm³/mol. The number of hydrogen-bond acceptors (Lipinski definition) is 4. The molecule has 0 saturated carbocycles. The van der Waals surface area contributed by atoms with Crippen molar-refractivity contribution in [2.75, 3.05) is 6.54 Å². The summed E-state index contributed by atoms with van der Waals surface area (Å²) in [6.45, 7) is 7.51. The third-order valence-electron chi connectivity index (χ3n) is 3.73. The summed E-state index contributed by atoms with van der Waals surface area (Å²) in [5, 5.41) is 8.37. The zero-order valence-electron chi connectivity index (χ0n) is 12.6. The molecule has 4 heteroatoms. The Hall–Kier alpha value is -1.23. The van der Waals surface area contributed by atoms with E-state index >= 15 is 0 Å². The average molecular weight is 316 g/mol. The fourth-order valence-electron chi connectivity index (χ4n) is 2.61. The van der Waals surface area contributed by atoms with Gasteiger partial charge >= 0.3 is 0 Å². The number of benzene rings is 1. The molecule has 1 aromatic carbocycles. The number of nitrogens with zero attached hydrogens (tertiary/aromatic N) is 1. The largest absolute Gasteiger partial charge is 0.309 e. The minimum Gasteiger partial charge on any atom is -0.309 e. The summed E-state index contributed by atoms with van der Waals surface area (Å²) in [5.41, 5.74) is 2.55. The second-order valence-corrected chi connectivity index (χ2v) is 7.42. The van der Waals surface area contributed by atoms with Gasteiger partial charge in [-0.2, -0.15) is 0 Å². The molecular weight excluding hydrogens is 296 g/mol.